The average molecular weight is 487 g/mol. The standard InChI is InChI=1S/C28H34N6O2/c1-17-22(23-15-20(36-4)13-14-25(23)29-17)16-26(35)30-18-9-11-19(12-10-18)31-28-32-24-8-6-5-7-21(24)27(33-28)34(2)3/h5-8,13-15,18-19,29H,9-12,16H2,1-4H3,(H,30,35)(H,31,32,33)/t18-,19+. The van der Waals surface area contributed by atoms with Crippen molar-refractivity contribution in [1.29, 1.82) is 0 Å². The zero-order valence-electron chi connectivity index (χ0n) is 21.4. The van der Waals surface area contributed by atoms with Gasteiger partial charge >= 0.3 is 0 Å². The number of aryl methyl sites for hydroxylation is 1. The van der Waals surface area contributed by atoms with Crippen LogP contribution in [-0.2, 0) is 11.2 Å². The number of H-pyrrole nitrogens is 1. The van der Waals surface area contributed by atoms with Crippen LogP contribution in [-0.4, -0.2) is 54.1 Å². The van der Waals surface area contributed by atoms with E-state index in [1.165, 1.54) is 0 Å². The zero-order valence-corrected chi connectivity index (χ0v) is 21.4. The Hall–Kier alpha value is -3.81. The van der Waals surface area contributed by atoms with E-state index in [9.17, 15) is 4.79 Å². The number of nitrogens with zero attached hydrogens (tertiary/aromatic N) is 3. The largest absolute Gasteiger partial charge is 0.497 e. The van der Waals surface area contributed by atoms with Crippen LogP contribution in [0, 0.1) is 6.92 Å². The third kappa shape index (κ3) is 4.94. The third-order valence-corrected chi connectivity index (χ3v) is 7.10. The lowest BCUT2D eigenvalue weighted by Gasteiger charge is -2.30. The van der Waals surface area contributed by atoms with Crippen LogP contribution in [0.2, 0.25) is 0 Å². The van der Waals surface area contributed by atoms with E-state index >= 15 is 0 Å². The van der Waals surface area contributed by atoms with E-state index in [2.05, 4.69) is 21.7 Å². The molecule has 0 atom stereocenters. The van der Waals surface area contributed by atoms with E-state index in [0.29, 0.717) is 12.4 Å². The highest BCUT2D eigenvalue weighted by molar-refractivity contribution is 5.91. The summed E-state index contributed by atoms with van der Waals surface area (Å²) in [5.74, 6) is 2.43. The Morgan fingerprint density at radius 2 is 1.81 bits per heavy atom. The van der Waals surface area contributed by atoms with Gasteiger partial charge in [-0.25, -0.2) is 4.98 Å². The van der Waals surface area contributed by atoms with E-state index in [4.69, 9.17) is 14.7 Å². The van der Waals surface area contributed by atoms with E-state index in [1.807, 2.05) is 62.3 Å². The second-order valence-corrected chi connectivity index (χ2v) is 9.86. The number of carbonyl (C=O) groups is 1. The molecule has 0 bridgehead atoms. The minimum Gasteiger partial charge on any atom is -0.497 e. The van der Waals surface area contributed by atoms with Crippen molar-refractivity contribution in [2.45, 2.75) is 51.1 Å². The topological polar surface area (TPSA) is 95.2 Å². The van der Waals surface area contributed by atoms with Gasteiger partial charge in [0.2, 0.25) is 11.9 Å². The molecular formula is C28H34N6O2. The predicted octanol–water partition coefficient (Wildman–Crippen LogP) is 4.58. The number of benzene rings is 2. The zero-order chi connectivity index (χ0) is 25.2. The van der Waals surface area contributed by atoms with Crippen molar-refractivity contribution in [2.75, 3.05) is 31.4 Å². The van der Waals surface area contributed by atoms with Crippen molar-refractivity contribution >= 4 is 39.5 Å². The molecule has 188 valence electrons. The van der Waals surface area contributed by atoms with Gasteiger partial charge in [0.1, 0.15) is 11.6 Å². The fourth-order valence-electron chi connectivity index (χ4n) is 5.19. The number of ether oxygens (including phenoxy) is 1. The molecule has 0 radical (unpaired) electrons. The van der Waals surface area contributed by atoms with E-state index < -0.39 is 0 Å². The second kappa shape index (κ2) is 10.0. The smallest absolute Gasteiger partial charge is 0.225 e. The van der Waals surface area contributed by atoms with Crippen LogP contribution >= 0.6 is 0 Å². The molecule has 5 rings (SSSR count). The number of hydrogen-bond donors (Lipinski definition) is 3. The van der Waals surface area contributed by atoms with E-state index in [0.717, 1.165) is 70.3 Å². The average Bonchev–Trinajstić information content (AvgIpc) is 3.18. The summed E-state index contributed by atoms with van der Waals surface area (Å²) in [5, 5.41) is 8.89. The molecule has 0 aliphatic heterocycles. The summed E-state index contributed by atoms with van der Waals surface area (Å²) < 4.78 is 5.37. The molecule has 0 spiro atoms. The van der Waals surface area contributed by atoms with Crippen molar-refractivity contribution in [2.24, 2.45) is 0 Å². The highest BCUT2D eigenvalue weighted by Gasteiger charge is 2.24. The molecular weight excluding hydrogens is 452 g/mol. The number of hydrogen-bond acceptors (Lipinski definition) is 6. The molecule has 0 unspecified atom stereocenters. The lowest BCUT2D eigenvalue weighted by Crippen LogP contribution is -2.41. The molecule has 1 saturated carbocycles. The molecule has 2 aromatic heterocycles. The number of rotatable bonds is 7. The molecule has 1 fully saturated rings. The maximum absolute atomic E-state index is 12.9. The molecule has 8 heteroatoms. The molecule has 36 heavy (non-hydrogen) atoms. The van der Waals surface area contributed by atoms with Gasteiger partial charge in [-0.05, 0) is 68.5 Å². The van der Waals surface area contributed by atoms with Crippen molar-refractivity contribution < 1.29 is 9.53 Å². The summed E-state index contributed by atoms with van der Waals surface area (Å²) in [5.41, 5.74) is 4.01. The van der Waals surface area contributed by atoms with Crippen LogP contribution in [0.5, 0.6) is 5.75 Å². The normalized spacial score (nSPS) is 17.8. The minimum atomic E-state index is 0.0618. The quantitative estimate of drug-likeness (QED) is 0.354. The first-order valence-electron chi connectivity index (χ1n) is 12.6. The number of aromatic amines is 1. The van der Waals surface area contributed by atoms with Gasteiger partial charge in [0, 0.05) is 48.2 Å². The van der Waals surface area contributed by atoms with Gasteiger partial charge in [-0.2, -0.15) is 4.98 Å². The number of carbonyl (C=O) groups excluding carboxylic acids is 1. The predicted molar refractivity (Wildman–Crippen MR) is 145 cm³/mol. The summed E-state index contributed by atoms with van der Waals surface area (Å²) in [7, 11) is 5.66. The summed E-state index contributed by atoms with van der Waals surface area (Å²) in [6.07, 6.45) is 4.13. The van der Waals surface area contributed by atoms with Crippen molar-refractivity contribution in [3.63, 3.8) is 0 Å². The van der Waals surface area contributed by atoms with Crippen LogP contribution in [0.25, 0.3) is 21.8 Å². The van der Waals surface area contributed by atoms with Gasteiger partial charge in [0.15, 0.2) is 0 Å². The Balaban J connectivity index is 1.19. The summed E-state index contributed by atoms with van der Waals surface area (Å²) in [6.45, 7) is 2.02. The number of fused-ring (bicyclic) bond motifs is 2. The minimum absolute atomic E-state index is 0.0618. The Kier molecular flexibility index (Phi) is 6.67. The Bertz CT molecular complexity index is 1390. The van der Waals surface area contributed by atoms with Gasteiger partial charge in [-0.15, -0.1) is 0 Å². The fraction of sp³-hybridized carbons (Fsp3) is 0.393. The van der Waals surface area contributed by atoms with Crippen LogP contribution in [0.3, 0.4) is 0 Å². The van der Waals surface area contributed by atoms with Crippen LogP contribution in [0.4, 0.5) is 11.8 Å². The highest BCUT2D eigenvalue weighted by Crippen LogP contribution is 2.28. The molecule has 1 aliphatic carbocycles. The van der Waals surface area contributed by atoms with Crippen molar-refractivity contribution in [3.05, 3.63) is 53.7 Å². The Morgan fingerprint density at radius 1 is 1.06 bits per heavy atom. The maximum atomic E-state index is 12.9. The highest BCUT2D eigenvalue weighted by atomic mass is 16.5. The number of anilines is 2. The summed E-state index contributed by atoms with van der Waals surface area (Å²) in [4.78, 5) is 27.8. The molecule has 3 N–H and O–H groups in total. The molecule has 2 aromatic carbocycles. The molecule has 1 amide bonds. The maximum Gasteiger partial charge on any atom is 0.225 e. The van der Waals surface area contributed by atoms with Crippen LogP contribution in [0.15, 0.2) is 42.5 Å². The number of aromatic nitrogens is 3. The van der Waals surface area contributed by atoms with Crippen LogP contribution in [0.1, 0.15) is 36.9 Å². The van der Waals surface area contributed by atoms with Crippen molar-refractivity contribution in [3.8, 4) is 5.75 Å². The number of nitrogens with one attached hydrogen (secondary N) is 3. The summed E-state index contributed by atoms with van der Waals surface area (Å²) in [6, 6.07) is 14.5. The van der Waals surface area contributed by atoms with E-state index in [-0.39, 0.29) is 18.0 Å². The van der Waals surface area contributed by atoms with Gasteiger partial charge in [0.05, 0.1) is 19.0 Å². The monoisotopic (exact) mass is 486 g/mol. The fourth-order valence-corrected chi connectivity index (χ4v) is 5.19. The number of para-hydroxylation sites is 1. The molecule has 8 nitrogen and oxygen atoms in total. The third-order valence-electron chi connectivity index (χ3n) is 7.10. The molecule has 4 aromatic rings. The first-order valence-corrected chi connectivity index (χ1v) is 12.6. The van der Waals surface area contributed by atoms with Crippen LogP contribution < -0.4 is 20.3 Å². The first kappa shape index (κ1) is 23.9. The van der Waals surface area contributed by atoms with Gasteiger partial charge in [-0.3, -0.25) is 4.79 Å². The molecule has 1 aliphatic rings. The van der Waals surface area contributed by atoms with Gasteiger partial charge in [-0.1, -0.05) is 12.1 Å². The lowest BCUT2D eigenvalue weighted by molar-refractivity contribution is -0.121. The first-order chi connectivity index (χ1) is 17.4. The lowest BCUT2D eigenvalue weighted by atomic mass is 9.91. The second-order valence-electron chi connectivity index (χ2n) is 9.86. The Labute approximate surface area is 211 Å². The molecule has 0 saturated heterocycles. The van der Waals surface area contributed by atoms with E-state index in [1.54, 1.807) is 7.11 Å². The number of methoxy groups -OCH3 is 1. The molecule has 2 heterocycles. The SMILES string of the molecule is COc1ccc2[nH]c(C)c(CC(=O)N[C@H]3CC[C@@H](Nc4nc(N(C)C)c5ccccc5n4)CC3)c2c1. The summed E-state index contributed by atoms with van der Waals surface area (Å²) >= 11 is 0. The Morgan fingerprint density at radius 3 is 2.56 bits per heavy atom. The van der Waals surface area contributed by atoms with Crippen molar-refractivity contribution in [1.82, 2.24) is 20.3 Å². The van der Waals surface area contributed by atoms with Gasteiger partial charge in [0.25, 0.3) is 0 Å². The van der Waals surface area contributed by atoms with Gasteiger partial charge < -0.3 is 25.3 Å². The number of amides is 1.